The summed E-state index contributed by atoms with van der Waals surface area (Å²) in [7, 11) is 0. The first kappa shape index (κ1) is 21.1. The summed E-state index contributed by atoms with van der Waals surface area (Å²) < 4.78 is 81.9. The average Bonchev–Trinajstić information content (AvgIpc) is 3.17. The van der Waals surface area contributed by atoms with Gasteiger partial charge in [-0.25, -0.2) is 9.37 Å². The van der Waals surface area contributed by atoms with Gasteiger partial charge < -0.3 is 14.6 Å². The fraction of sp³-hybridized carbons (Fsp3) is 0.167. The lowest BCUT2D eigenvalue weighted by Crippen LogP contribution is -2.41. The number of nitrogens with zero attached hydrogens (tertiary/aromatic N) is 2. The molecule has 1 aromatic heterocycles. The van der Waals surface area contributed by atoms with Gasteiger partial charge in [-0.2, -0.15) is 27.1 Å². The lowest BCUT2D eigenvalue weighted by atomic mass is 10.0. The first-order valence-corrected chi connectivity index (χ1v) is 8.09. The van der Waals surface area contributed by atoms with Crippen molar-refractivity contribution in [1.82, 2.24) is 15.2 Å². The molecule has 3 aromatic rings. The highest BCUT2D eigenvalue weighted by Crippen LogP contribution is 2.38. The van der Waals surface area contributed by atoms with Gasteiger partial charge in [0.15, 0.2) is 18.3 Å². The number of ether oxygens (including phenoxy) is 1. The Morgan fingerprint density at radius 3 is 2.40 bits per heavy atom. The Morgan fingerprint density at radius 1 is 1.07 bits per heavy atom. The van der Waals surface area contributed by atoms with Crippen LogP contribution < -0.4 is 9.84 Å². The summed E-state index contributed by atoms with van der Waals surface area (Å²) in [4.78, 5) is 14.5. The zero-order valence-corrected chi connectivity index (χ0v) is 14.6. The Morgan fingerprint density at radius 2 is 1.77 bits per heavy atom. The number of aromatic carboxylic acids is 1. The number of aromatic nitrogens is 3. The molecule has 0 aliphatic heterocycles. The molecule has 6 nitrogen and oxygen atoms in total. The SMILES string of the molecule is O=C([O-])c1nc(-c2cccc(-c3cc(F)ccc3OCC(F)(F)C(F)(F)F)c2)n[nH]1. The Hall–Kier alpha value is -3.57. The van der Waals surface area contributed by atoms with E-state index in [0.717, 1.165) is 18.2 Å². The largest absolute Gasteiger partial charge is 0.542 e. The molecule has 3 rings (SSSR count). The maximum Gasteiger partial charge on any atom is 0.456 e. The first-order valence-electron chi connectivity index (χ1n) is 8.09. The van der Waals surface area contributed by atoms with Crippen LogP contribution in [0.2, 0.25) is 0 Å². The van der Waals surface area contributed by atoms with Crippen molar-refractivity contribution in [1.29, 1.82) is 0 Å². The van der Waals surface area contributed by atoms with Crippen molar-refractivity contribution in [3.8, 4) is 28.3 Å². The van der Waals surface area contributed by atoms with E-state index >= 15 is 0 Å². The highest BCUT2D eigenvalue weighted by molar-refractivity contribution is 5.82. The molecule has 0 spiro atoms. The molecule has 0 radical (unpaired) electrons. The van der Waals surface area contributed by atoms with Crippen LogP contribution in [0.25, 0.3) is 22.5 Å². The minimum absolute atomic E-state index is 0.0569. The number of aromatic amines is 1. The molecule has 1 heterocycles. The van der Waals surface area contributed by atoms with Crippen LogP contribution in [-0.4, -0.2) is 39.9 Å². The highest BCUT2D eigenvalue weighted by atomic mass is 19.4. The molecule has 0 saturated carbocycles. The number of hydrogen-bond acceptors (Lipinski definition) is 5. The molecule has 30 heavy (non-hydrogen) atoms. The minimum atomic E-state index is -5.81. The van der Waals surface area contributed by atoms with E-state index < -0.39 is 42.1 Å². The number of carbonyl (C=O) groups excluding carboxylic acids is 1. The summed E-state index contributed by atoms with van der Waals surface area (Å²) in [5.41, 5.74) is 0.328. The molecule has 2 aromatic carbocycles. The third kappa shape index (κ3) is 4.36. The van der Waals surface area contributed by atoms with Gasteiger partial charge in [-0.05, 0) is 29.8 Å². The minimum Gasteiger partial charge on any atom is -0.542 e. The molecule has 0 unspecified atom stereocenters. The number of hydrogen-bond donors (Lipinski definition) is 1. The summed E-state index contributed by atoms with van der Waals surface area (Å²) in [6.45, 7) is -2.00. The zero-order chi connectivity index (χ0) is 22.1. The smallest absolute Gasteiger partial charge is 0.456 e. The van der Waals surface area contributed by atoms with Crippen molar-refractivity contribution in [3.05, 3.63) is 54.1 Å². The number of carbonyl (C=O) groups is 1. The van der Waals surface area contributed by atoms with Crippen LogP contribution in [0.5, 0.6) is 5.75 Å². The number of nitrogens with one attached hydrogen (secondary N) is 1. The first-order chi connectivity index (χ1) is 14.0. The maximum atomic E-state index is 13.7. The summed E-state index contributed by atoms with van der Waals surface area (Å²) >= 11 is 0. The van der Waals surface area contributed by atoms with Crippen molar-refractivity contribution >= 4 is 5.97 Å². The molecule has 1 N–H and O–H groups in total. The van der Waals surface area contributed by atoms with Crippen LogP contribution in [0.4, 0.5) is 26.3 Å². The van der Waals surface area contributed by atoms with E-state index in [1.807, 2.05) is 0 Å². The summed E-state index contributed by atoms with van der Waals surface area (Å²) in [6.07, 6.45) is -5.81. The van der Waals surface area contributed by atoms with Gasteiger partial charge in [-0.15, -0.1) is 0 Å². The second-order valence-electron chi connectivity index (χ2n) is 6.01. The van der Waals surface area contributed by atoms with Crippen molar-refractivity contribution < 1.29 is 41.0 Å². The second-order valence-corrected chi connectivity index (χ2v) is 6.01. The number of carboxylic acids is 1. The average molecular weight is 430 g/mol. The normalized spacial score (nSPS) is 12.1. The molecule has 158 valence electrons. The standard InChI is InChI=1S/C18H11F6N3O3/c19-11-4-5-13(30-8-17(20,21)18(22,23)24)12(7-11)9-2-1-3-10(6-9)14-25-15(16(28)29)27-26-14/h1-7H,8H2,(H,28,29)(H,25,26,27)/p-1. The number of carboxylic acid groups (broad SMARTS) is 1. The van der Waals surface area contributed by atoms with Crippen LogP contribution in [-0.2, 0) is 0 Å². The molecule has 0 saturated heterocycles. The van der Waals surface area contributed by atoms with Crippen LogP contribution >= 0.6 is 0 Å². The summed E-state index contributed by atoms with van der Waals surface area (Å²) in [5, 5.41) is 16.6. The quantitative estimate of drug-likeness (QED) is 0.607. The third-order valence-electron chi connectivity index (χ3n) is 3.88. The van der Waals surface area contributed by atoms with Crippen LogP contribution in [0.3, 0.4) is 0 Å². The Bertz CT molecular complexity index is 1080. The Kier molecular flexibility index (Phi) is 5.42. The highest BCUT2D eigenvalue weighted by Gasteiger charge is 2.58. The Balaban J connectivity index is 1.96. The number of alkyl halides is 5. The lowest BCUT2D eigenvalue weighted by molar-refractivity contribution is -0.289. The van der Waals surface area contributed by atoms with Crippen LogP contribution in [0.15, 0.2) is 42.5 Å². The molecular weight excluding hydrogens is 420 g/mol. The van der Waals surface area contributed by atoms with Gasteiger partial charge in [0, 0.05) is 11.1 Å². The molecular formula is C18H10F6N3O3-. The zero-order valence-electron chi connectivity index (χ0n) is 14.6. The van der Waals surface area contributed by atoms with E-state index in [-0.39, 0.29) is 22.5 Å². The molecule has 12 heteroatoms. The Labute approximate surface area is 164 Å². The monoisotopic (exact) mass is 430 g/mol. The predicted octanol–water partition coefficient (Wildman–Crippen LogP) is 3.22. The van der Waals surface area contributed by atoms with Crippen molar-refractivity contribution in [2.45, 2.75) is 12.1 Å². The van der Waals surface area contributed by atoms with Crippen molar-refractivity contribution in [2.24, 2.45) is 0 Å². The molecule has 0 fully saturated rings. The number of benzene rings is 2. The third-order valence-corrected chi connectivity index (χ3v) is 3.88. The number of H-pyrrole nitrogens is 1. The molecule has 0 aliphatic rings. The van der Waals surface area contributed by atoms with Crippen molar-refractivity contribution in [3.63, 3.8) is 0 Å². The topological polar surface area (TPSA) is 90.9 Å². The second kappa shape index (κ2) is 7.69. The molecule has 0 atom stereocenters. The molecule has 0 bridgehead atoms. The van der Waals surface area contributed by atoms with E-state index in [9.17, 15) is 36.2 Å². The van der Waals surface area contributed by atoms with Gasteiger partial charge in [0.1, 0.15) is 17.5 Å². The van der Waals surface area contributed by atoms with Gasteiger partial charge in [-0.3, -0.25) is 5.10 Å². The fourth-order valence-electron chi connectivity index (χ4n) is 2.41. The van der Waals surface area contributed by atoms with E-state index in [4.69, 9.17) is 0 Å². The van der Waals surface area contributed by atoms with E-state index in [0.29, 0.717) is 0 Å². The lowest BCUT2D eigenvalue weighted by Gasteiger charge is -2.21. The van der Waals surface area contributed by atoms with Gasteiger partial charge in [0.05, 0.1) is 0 Å². The number of rotatable bonds is 6. The maximum absolute atomic E-state index is 13.7. The summed E-state index contributed by atoms with van der Waals surface area (Å²) in [5.74, 6) is -8.51. The van der Waals surface area contributed by atoms with Gasteiger partial charge in [-0.1, -0.05) is 18.2 Å². The van der Waals surface area contributed by atoms with Gasteiger partial charge in [0.25, 0.3) is 0 Å². The van der Waals surface area contributed by atoms with E-state index in [2.05, 4.69) is 19.9 Å². The fourth-order valence-corrected chi connectivity index (χ4v) is 2.41. The van der Waals surface area contributed by atoms with Gasteiger partial charge in [0.2, 0.25) is 0 Å². The van der Waals surface area contributed by atoms with Gasteiger partial charge >= 0.3 is 12.1 Å². The van der Waals surface area contributed by atoms with E-state index in [1.54, 1.807) is 0 Å². The predicted molar refractivity (Wildman–Crippen MR) is 88.0 cm³/mol. The van der Waals surface area contributed by atoms with Crippen molar-refractivity contribution in [2.75, 3.05) is 6.61 Å². The summed E-state index contributed by atoms with van der Waals surface area (Å²) in [6, 6.07) is 8.35. The molecule has 0 amide bonds. The van der Waals surface area contributed by atoms with E-state index in [1.165, 1.54) is 24.3 Å². The van der Waals surface area contributed by atoms with Crippen LogP contribution in [0.1, 0.15) is 10.6 Å². The van der Waals surface area contributed by atoms with Crippen LogP contribution in [0, 0.1) is 5.82 Å². The molecule has 0 aliphatic carbocycles. The number of halogens is 6.